The van der Waals surface area contributed by atoms with Crippen LogP contribution in [-0.2, 0) is 6.42 Å². The first-order chi connectivity index (χ1) is 10.1. The summed E-state index contributed by atoms with van der Waals surface area (Å²) in [6.45, 7) is 3.94. The molecule has 0 bridgehead atoms. The monoisotopic (exact) mass is 289 g/mol. The van der Waals surface area contributed by atoms with E-state index < -0.39 is 0 Å². The summed E-state index contributed by atoms with van der Waals surface area (Å²) in [7, 11) is 1.89. The van der Waals surface area contributed by atoms with E-state index in [4.69, 9.17) is 5.84 Å². The van der Waals surface area contributed by atoms with Crippen LogP contribution in [-0.4, -0.2) is 17.0 Å². The molecule has 0 saturated heterocycles. The van der Waals surface area contributed by atoms with Gasteiger partial charge in [-0.3, -0.25) is 0 Å². The Balaban J connectivity index is 2.40. The molecule has 0 spiro atoms. The molecule has 0 aliphatic heterocycles. The number of nitrogens with one attached hydrogen (secondary N) is 1. The molecule has 0 aliphatic carbocycles. The highest BCUT2D eigenvalue weighted by molar-refractivity contribution is 5.58. The molecular formula is C15H20FN5. The topological polar surface area (TPSA) is 67.1 Å². The number of halogens is 1. The highest BCUT2D eigenvalue weighted by atomic mass is 19.1. The number of nitrogens with two attached hydrogens (primary N) is 1. The summed E-state index contributed by atoms with van der Waals surface area (Å²) in [5, 5.41) is 0. The lowest BCUT2D eigenvalue weighted by molar-refractivity contribution is 0.583. The van der Waals surface area contributed by atoms with Crippen molar-refractivity contribution in [3.05, 3.63) is 47.5 Å². The molecule has 5 nitrogen and oxygen atoms in total. The second kappa shape index (κ2) is 6.49. The summed E-state index contributed by atoms with van der Waals surface area (Å²) in [4.78, 5) is 10.4. The van der Waals surface area contributed by atoms with Crippen molar-refractivity contribution in [1.82, 2.24) is 9.97 Å². The van der Waals surface area contributed by atoms with E-state index in [2.05, 4.69) is 15.4 Å². The molecule has 0 fully saturated rings. The van der Waals surface area contributed by atoms with Crippen LogP contribution in [0.1, 0.15) is 31.0 Å². The van der Waals surface area contributed by atoms with Gasteiger partial charge in [-0.2, -0.15) is 0 Å². The zero-order valence-electron chi connectivity index (χ0n) is 12.5. The molecule has 0 radical (unpaired) electrons. The molecule has 1 aromatic carbocycles. The van der Waals surface area contributed by atoms with Crippen molar-refractivity contribution in [2.24, 2.45) is 5.84 Å². The summed E-state index contributed by atoms with van der Waals surface area (Å²) >= 11 is 0. The van der Waals surface area contributed by atoms with E-state index in [1.165, 1.54) is 12.4 Å². The average Bonchev–Trinajstić information content (AvgIpc) is 2.53. The van der Waals surface area contributed by atoms with Crippen LogP contribution in [0.5, 0.6) is 0 Å². The van der Waals surface area contributed by atoms with Gasteiger partial charge in [-0.15, -0.1) is 0 Å². The largest absolute Gasteiger partial charge is 0.352 e. The van der Waals surface area contributed by atoms with E-state index in [9.17, 15) is 4.39 Å². The first-order valence-electron chi connectivity index (χ1n) is 6.87. The highest BCUT2D eigenvalue weighted by Crippen LogP contribution is 2.30. The Hall–Kier alpha value is -2.21. The number of aromatic nitrogens is 2. The van der Waals surface area contributed by atoms with Crippen LogP contribution in [0.25, 0.3) is 0 Å². The Morgan fingerprint density at radius 1 is 1.33 bits per heavy atom. The van der Waals surface area contributed by atoms with E-state index >= 15 is 0 Å². The van der Waals surface area contributed by atoms with Gasteiger partial charge in [0.25, 0.3) is 0 Å². The molecule has 6 heteroatoms. The highest BCUT2D eigenvalue weighted by Gasteiger charge is 2.20. The fourth-order valence-electron chi connectivity index (χ4n) is 2.36. The van der Waals surface area contributed by atoms with Gasteiger partial charge in [0.15, 0.2) is 0 Å². The maximum Gasteiger partial charge on any atom is 0.148 e. The lowest BCUT2D eigenvalue weighted by Gasteiger charge is -2.28. The first-order valence-corrected chi connectivity index (χ1v) is 6.87. The minimum Gasteiger partial charge on any atom is -0.352 e. The van der Waals surface area contributed by atoms with Crippen LogP contribution in [0.2, 0.25) is 0 Å². The Bertz CT molecular complexity index is 617. The maximum absolute atomic E-state index is 14.0. The smallest absolute Gasteiger partial charge is 0.148 e. The molecule has 112 valence electrons. The number of rotatable bonds is 5. The lowest BCUT2D eigenvalue weighted by atomic mass is 10.1. The number of hydrazine groups is 1. The molecule has 1 unspecified atom stereocenters. The minimum atomic E-state index is -0.221. The fraction of sp³-hybridized carbons (Fsp3) is 0.333. The second-order valence-corrected chi connectivity index (χ2v) is 4.83. The Kier molecular flexibility index (Phi) is 4.70. The Morgan fingerprint density at radius 2 is 2.05 bits per heavy atom. The van der Waals surface area contributed by atoms with E-state index in [-0.39, 0.29) is 11.9 Å². The van der Waals surface area contributed by atoms with Crippen molar-refractivity contribution < 1.29 is 4.39 Å². The number of anilines is 2. The van der Waals surface area contributed by atoms with Gasteiger partial charge >= 0.3 is 0 Å². The van der Waals surface area contributed by atoms with Gasteiger partial charge in [-0.25, -0.2) is 20.2 Å². The molecule has 1 heterocycles. The summed E-state index contributed by atoms with van der Waals surface area (Å²) in [5.41, 5.74) is 4.12. The standard InChI is InChI=1S/C15H20FN5/c1-4-11-14(20-17)18-9-19-15(11)21(3)10(2)12-7-5-6-8-13(12)16/h5-10H,4,17H2,1-3H3,(H,18,19,20). The van der Waals surface area contributed by atoms with Crippen molar-refractivity contribution in [1.29, 1.82) is 0 Å². The molecule has 3 N–H and O–H groups in total. The van der Waals surface area contributed by atoms with Crippen molar-refractivity contribution in [2.75, 3.05) is 17.4 Å². The third-order valence-corrected chi connectivity index (χ3v) is 3.68. The normalized spacial score (nSPS) is 12.0. The van der Waals surface area contributed by atoms with Gasteiger partial charge in [0, 0.05) is 18.2 Å². The number of hydrogen-bond donors (Lipinski definition) is 2. The number of hydrogen-bond acceptors (Lipinski definition) is 5. The third-order valence-electron chi connectivity index (χ3n) is 3.68. The Morgan fingerprint density at radius 3 is 2.67 bits per heavy atom. The van der Waals surface area contributed by atoms with Crippen LogP contribution in [0.3, 0.4) is 0 Å². The van der Waals surface area contributed by atoms with Gasteiger partial charge in [-0.05, 0) is 19.4 Å². The molecule has 2 rings (SSSR count). The summed E-state index contributed by atoms with van der Waals surface area (Å²) < 4.78 is 14.0. The molecule has 1 atom stereocenters. The number of nitrogens with zero attached hydrogens (tertiary/aromatic N) is 3. The van der Waals surface area contributed by atoms with Gasteiger partial charge in [0.1, 0.15) is 23.8 Å². The van der Waals surface area contributed by atoms with E-state index in [0.29, 0.717) is 11.4 Å². The SMILES string of the molecule is CCc1c(NN)ncnc1N(C)C(C)c1ccccc1F. The lowest BCUT2D eigenvalue weighted by Crippen LogP contribution is -2.25. The van der Waals surface area contributed by atoms with Crippen molar-refractivity contribution >= 4 is 11.6 Å². The zero-order chi connectivity index (χ0) is 15.4. The number of nitrogen functional groups attached to an aromatic ring is 1. The van der Waals surface area contributed by atoms with E-state index in [1.54, 1.807) is 12.1 Å². The number of benzene rings is 1. The van der Waals surface area contributed by atoms with Crippen molar-refractivity contribution in [3.8, 4) is 0 Å². The maximum atomic E-state index is 14.0. The molecule has 0 aliphatic rings. The van der Waals surface area contributed by atoms with Crippen LogP contribution in [0, 0.1) is 5.82 Å². The quantitative estimate of drug-likeness (QED) is 0.654. The molecule has 1 aromatic heterocycles. The molecule has 0 amide bonds. The predicted molar refractivity (Wildman–Crippen MR) is 82.4 cm³/mol. The molecule has 0 saturated carbocycles. The summed E-state index contributed by atoms with van der Waals surface area (Å²) in [5.74, 6) is 6.61. The van der Waals surface area contributed by atoms with E-state index in [0.717, 1.165) is 17.8 Å². The summed E-state index contributed by atoms with van der Waals surface area (Å²) in [6.07, 6.45) is 2.18. The first kappa shape index (κ1) is 15.2. The summed E-state index contributed by atoms with van der Waals surface area (Å²) in [6, 6.07) is 6.61. The molecule has 21 heavy (non-hydrogen) atoms. The van der Waals surface area contributed by atoms with Crippen molar-refractivity contribution in [2.45, 2.75) is 26.3 Å². The zero-order valence-corrected chi connectivity index (χ0v) is 12.5. The Labute approximate surface area is 124 Å². The minimum absolute atomic E-state index is 0.156. The molecular weight excluding hydrogens is 269 g/mol. The van der Waals surface area contributed by atoms with Crippen LogP contribution >= 0.6 is 0 Å². The second-order valence-electron chi connectivity index (χ2n) is 4.83. The van der Waals surface area contributed by atoms with Crippen LogP contribution in [0.15, 0.2) is 30.6 Å². The van der Waals surface area contributed by atoms with Gasteiger partial charge in [-0.1, -0.05) is 25.1 Å². The van der Waals surface area contributed by atoms with Crippen LogP contribution < -0.4 is 16.2 Å². The van der Waals surface area contributed by atoms with Gasteiger partial charge < -0.3 is 10.3 Å². The van der Waals surface area contributed by atoms with Gasteiger partial charge in [0.05, 0.1) is 6.04 Å². The third kappa shape index (κ3) is 2.95. The van der Waals surface area contributed by atoms with E-state index in [1.807, 2.05) is 31.9 Å². The predicted octanol–water partition coefficient (Wildman–Crippen LogP) is 2.66. The van der Waals surface area contributed by atoms with Gasteiger partial charge in [0.2, 0.25) is 0 Å². The fourth-order valence-corrected chi connectivity index (χ4v) is 2.36. The average molecular weight is 289 g/mol. The van der Waals surface area contributed by atoms with Crippen LogP contribution in [0.4, 0.5) is 16.0 Å². The van der Waals surface area contributed by atoms with Crippen molar-refractivity contribution in [3.63, 3.8) is 0 Å². The molecule has 2 aromatic rings.